The molecule has 0 aliphatic carbocycles. The van der Waals surface area contributed by atoms with E-state index in [1.54, 1.807) is 17.4 Å². The molecule has 2 N–H and O–H groups in total. The van der Waals surface area contributed by atoms with E-state index in [-0.39, 0.29) is 5.09 Å². The second-order valence-corrected chi connectivity index (χ2v) is 7.27. The van der Waals surface area contributed by atoms with Gasteiger partial charge in [-0.2, -0.15) is 0 Å². The summed E-state index contributed by atoms with van der Waals surface area (Å²) in [5.74, 6) is 0.604. The maximum absolute atomic E-state index is 12.1. The SMILES string of the molecule is CCNCc1ccc(S(=O)(=O)NCCc2csc(C)n2)o1. The first kappa shape index (κ1) is 16.2. The highest BCUT2D eigenvalue weighted by molar-refractivity contribution is 7.89. The van der Waals surface area contributed by atoms with Gasteiger partial charge < -0.3 is 9.73 Å². The van der Waals surface area contributed by atoms with Crippen molar-refractivity contribution in [2.75, 3.05) is 13.1 Å². The molecule has 0 saturated carbocycles. The summed E-state index contributed by atoms with van der Waals surface area (Å²) in [6.07, 6.45) is 0.564. The maximum atomic E-state index is 12.1. The minimum Gasteiger partial charge on any atom is -0.447 e. The van der Waals surface area contributed by atoms with Gasteiger partial charge >= 0.3 is 0 Å². The first-order chi connectivity index (χ1) is 10.0. The van der Waals surface area contributed by atoms with Crippen LogP contribution in [0, 0.1) is 6.92 Å². The van der Waals surface area contributed by atoms with Crippen LogP contribution in [0.3, 0.4) is 0 Å². The molecule has 6 nitrogen and oxygen atoms in total. The highest BCUT2D eigenvalue weighted by atomic mass is 32.2. The Morgan fingerprint density at radius 2 is 2.19 bits per heavy atom. The summed E-state index contributed by atoms with van der Waals surface area (Å²) in [5, 5.41) is 5.94. The summed E-state index contributed by atoms with van der Waals surface area (Å²) in [7, 11) is -3.60. The summed E-state index contributed by atoms with van der Waals surface area (Å²) in [6.45, 7) is 5.52. The summed E-state index contributed by atoms with van der Waals surface area (Å²) < 4.78 is 32.0. The van der Waals surface area contributed by atoms with Gasteiger partial charge in [-0.25, -0.2) is 18.1 Å². The van der Waals surface area contributed by atoms with Gasteiger partial charge in [0, 0.05) is 18.3 Å². The first-order valence-electron chi connectivity index (χ1n) is 6.71. The lowest BCUT2D eigenvalue weighted by Crippen LogP contribution is -2.25. The van der Waals surface area contributed by atoms with Gasteiger partial charge in [-0.15, -0.1) is 11.3 Å². The normalized spacial score (nSPS) is 11.9. The van der Waals surface area contributed by atoms with Crippen molar-refractivity contribution in [3.8, 4) is 0 Å². The lowest BCUT2D eigenvalue weighted by atomic mass is 10.3. The van der Waals surface area contributed by atoms with E-state index in [2.05, 4.69) is 15.0 Å². The van der Waals surface area contributed by atoms with Gasteiger partial charge in [0.1, 0.15) is 5.76 Å². The van der Waals surface area contributed by atoms with Crippen LogP contribution in [0.4, 0.5) is 0 Å². The largest absolute Gasteiger partial charge is 0.447 e. The Kier molecular flexibility index (Phi) is 5.51. The molecule has 2 heterocycles. The Morgan fingerprint density at radius 3 is 2.86 bits per heavy atom. The molecular weight excluding hydrogens is 310 g/mol. The topological polar surface area (TPSA) is 84.2 Å². The van der Waals surface area contributed by atoms with Crippen molar-refractivity contribution in [2.24, 2.45) is 0 Å². The summed E-state index contributed by atoms with van der Waals surface area (Å²) in [6, 6.07) is 3.14. The number of hydrogen-bond acceptors (Lipinski definition) is 6. The number of nitrogens with zero attached hydrogens (tertiary/aromatic N) is 1. The first-order valence-corrected chi connectivity index (χ1v) is 9.07. The zero-order valence-corrected chi connectivity index (χ0v) is 13.7. The number of thiazole rings is 1. The van der Waals surface area contributed by atoms with Gasteiger partial charge in [0.25, 0.3) is 10.0 Å². The molecule has 0 fully saturated rings. The van der Waals surface area contributed by atoms with Crippen molar-refractivity contribution in [3.63, 3.8) is 0 Å². The minimum atomic E-state index is -3.60. The molecule has 0 aliphatic rings. The van der Waals surface area contributed by atoms with Crippen LogP contribution in [0.2, 0.25) is 0 Å². The molecule has 116 valence electrons. The molecule has 21 heavy (non-hydrogen) atoms. The summed E-state index contributed by atoms with van der Waals surface area (Å²) >= 11 is 1.56. The standard InChI is InChI=1S/C13H19N3O3S2/c1-3-14-8-12-4-5-13(19-12)21(17,18)15-7-6-11-9-20-10(2)16-11/h4-5,9,14-15H,3,6-8H2,1-2H3. The van der Waals surface area contributed by atoms with Crippen LogP contribution in [0.5, 0.6) is 0 Å². The van der Waals surface area contributed by atoms with Crippen molar-refractivity contribution in [2.45, 2.75) is 31.9 Å². The van der Waals surface area contributed by atoms with Crippen LogP contribution in [0.1, 0.15) is 23.4 Å². The van der Waals surface area contributed by atoms with E-state index < -0.39 is 10.0 Å². The van der Waals surface area contributed by atoms with Crippen LogP contribution in [0.25, 0.3) is 0 Å². The fourth-order valence-corrected chi connectivity index (χ4v) is 3.38. The molecule has 0 aliphatic heterocycles. The Morgan fingerprint density at radius 1 is 1.38 bits per heavy atom. The minimum absolute atomic E-state index is 0.0511. The van der Waals surface area contributed by atoms with E-state index >= 15 is 0 Å². The van der Waals surface area contributed by atoms with Gasteiger partial charge in [-0.05, 0) is 25.6 Å². The Labute approximate surface area is 128 Å². The molecule has 0 saturated heterocycles. The molecule has 2 aromatic rings. The van der Waals surface area contributed by atoms with Crippen LogP contribution in [-0.2, 0) is 23.0 Å². The third kappa shape index (κ3) is 4.63. The number of aromatic nitrogens is 1. The number of nitrogens with one attached hydrogen (secondary N) is 2. The highest BCUT2D eigenvalue weighted by Gasteiger charge is 2.18. The average Bonchev–Trinajstić information content (AvgIpc) is 3.06. The van der Waals surface area contributed by atoms with E-state index in [9.17, 15) is 8.42 Å². The fraction of sp³-hybridized carbons (Fsp3) is 0.462. The van der Waals surface area contributed by atoms with Gasteiger partial charge in [0.2, 0.25) is 5.09 Å². The molecule has 2 aromatic heterocycles. The van der Waals surface area contributed by atoms with E-state index in [1.165, 1.54) is 6.07 Å². The third-order valence-corrected chi connectivity index (χ3v) is 4.95. The fourth-order valence-electron chi connectivity index (χ4n) is 1.75. The molecule has 0 radical (unpaired) electrons. The van der Waals surface area contributed by atoms with Crippen LogP contribution >= 0.6 is 11.3 Å². The Bertz CT molecular complexity index is 676. The predicted octanol–water partition coefficient (Wildman–Crippen LogP) is 1.68. The van der Waals surface area contributed by atoms with Gasteiger partial charge in [0.05, 0.1) is 17.2 Å². The van der Waals surface area contributed by atoms with Crippen molar-refractivity contribution >= 4 is 21.4 Å². The second-order valence-electron chi connectivity index (χ2n) is 4.51. The molecule has 8 heteroatoms. The molecule has 0 atom stereocenters. The van der Waals surface area contributed by atoms with Crippen molar-refractivity contribution in [1.29, 1.82) is 0 Å². The number of aryl methyl sites for hydroxylation is 1. The zero-order chi connectivity index (χ0) is 15.3. The van der Waals surface area contributed by atoms with E-state index in [1.807, 2.05) is 19.2 Å². The molecular formula is C13H19N3O3S2. The second kappa shape index (κ2) is 7.17. The number of furan rings is 1. The van der Waals surface area contributed by atoms with Crippen molar-refractivity contribution in [3.05, 3.63) is 34.0 Å². The van der Waals surface area contributed by atoms with E-state index in [4.69, 9.17) is 4.42 Å². The average molecular weight is 329 g/mol. The lowest BCUT2D eigenvalue weighted by molar-refractivity contribution is 0.401. The monoisotopic (exact) mass is 329 g/mol. The lowest BCUT2D eigenvalue weighted by Gasteiger charge is -2.03. The number of hydrogen-bond donors (Lipinski definition) is 2. The molecule has 0 amide bonds. The summed E-state index contributed by atoms with van der Waals surface area (Å²) in [5.41, 5.74) is 0.896. The Balaban J connectivity index is 1.90. The highest BCUT2D eigenvalue weighted by Crippen LogP contribution is 2.14. The van der Waals surface area contributed by atoms with E-state index in [0.29, 0.717) is 25.3 Å². The van der Waals surface area contributed by atoms with Crippen molar-refractivity contribution < 1.29 is 12.8 Å². The predicted molar refractivity (Wildman–Crippen MR) is 81.8 cm³/mol. The van der Waals surface area contributed by atoms with Gasteiger partial charge in [-0.1, -0.05) is 6.92 Å². The molecule has 0 spiro atoms. The maximum Gasteiger partial charge on any atom is 0.273 e. The number of sulfonamides is 1. The molecule has 0 aromatic carbocycles. The quantitative estimate of drug-likeness (QED) is 0.770. The third-order valence-electron chi connectivity index (χ3n) is 2.79. The van der Waals surface area contributed by atoms with Gasteiger partial charge in [0.15, 0.2) is 0 Å². The van der Waals surface area contributed by atoms with Crippen LogP contribution in [0.15, 0.2) is 27.0 Å². The van der Waals surface area contributed by atoms with Crippen LogP contribution in [-0.4, -0.2) is 26.5 Å². The van der Waals surface area contributed by atoms with E-state index in [0.717, 1.165) is 17.2 Å². The molecule has 2 rings (SSSR count). The van der Waals surface area contributed by atoms with Gasteiger partial charge in [-0.3, -0.25) is 0 Å². The number of rotatable bonds is 8. The smallest absolute Gasteiger partial charge is 0.273 e. The van der Waals surface area contributed by atoms with Crippen LogP contribution < -0.4 is 10.0 Å². The Hall–Kier alpha value is -1.22. The zero-order valence-electron chi connectivity index (χ0n) is 12.0. The molecule has 0 bridgehead atoms. The molecule has 0 unspecified atom stereocenters. The van der Waals surface area contributed by atoms with Crippen molar-refractivity contribution in [1.82, 2.24) is 15.0 Å². The summed E-state index contributed by atoms with van der Waals surface area (Å²) in [4.78, 5) is 4.29.